The van der Waals surface area contributed by atoms with E-state index in [1.54, 1.807) is 0 Å². The molecule has 1 heterocycles. The van der Waals surface area contributed by atoms with Crippen molar-refractivity contribution in [3.63, 3.8) is 0 Å². The average molecular weight is 98.1 g/mol. The van der Waals surface area contributed by atoms with Crippen molar-refractivity contribution in [1.82, 2.24) is 10.2 Å². The number of rotatable bonds is 0. The minimum absolute atomic E-state index is 0. The van der Waals surface area contributed by atoms with Gasteiger partial charge in [-0.05, 0) is 19.4 Å². The van der Waals surface area contributed by atoms with Crippen molar-refractivity contribution in [2.75, 3.05) is 0 Å². The molecule has 0 bridgehead atoms. The van der Waals surface area contributed by atoms with Gasteiger partial charge in [0.2, 0.25) is 0 Å². The number of hydrogen-bond donors (Lipinski definition) is 1. The summed E-state index contributed by atoms with van der Waals surface area (Å²) in [6.45, 7) is 4.03. The van der Waals surface area contributed by atoms with Crippen molar-refractivity contribution in [1.29, 1.82) is 0 Å². The van der Waals surface area contributed by atoms with E-state index in [-0.39, 0.29) is 1.43 Å². The fourth-order valence-electron chi connectivity index (χ4n) is 0.411. The summed E-state index contributed by atoms with van der Waals surface area (Å²) in [4.78, 5) is 0. The summed E-state index contributed by atoms with van der Waals surface area (Å²) in [5.74, 6) is 0. The van der Waals surface area contributed by atoms with Crippen molar-refractivity contribution < 1.29 is 1.43 Å². The van der Waals surface area contributed by atoms with Crippen LogP contribution in [0.1, 0.15) is 12.7 Å². The normalized spacial score (nSPS) is 9.43. The lowest BCUT2D eigenvalue weighted by atomic mass is 10.3. The molecule has 0 amide bonds. The maximum absolute atomic E-state index is 3.80. The Morgan fingerprint density at radius 2 is 2.43 bits per heavy atom. The maximum Gasteiger partial charge on any atom is 0.0519 e. The molecule has 0 atom stereocenters. The maximum atomic E-state index is 3.80. The largest absolute Gasteiger partial charge is 0.283 e. The summed E-state index contributed by atoms with van der Waals surface area (Å²) >= 11 is 0. The van der Waals surface area contributed by atoms with E-state index in [0.717, 1.165) is 5.69 Å². The minimum Gasteiger partial charge on any atom is -0.283 e. The van der Waals surface area contributed by atoms with E-state index in [1.165, 1.54) is 5.56 Å². The van der Waals surface area contributed by atoms with Crippen LogP contribution in [0.3, 0.4) is 0 Å². The smallest absolute Gasteiger partial charge is 0.0519 e. The summed E-state index contributed by atoms with van der Waals surface area (Å²) in [5.41, 5.74) is 2.38. The molecule has 0 saturated heterocycles. The highest BCUT2D eigenvalue weighted by molar-refractivity contribution is 5.10. The monoisotopic (exact) mass is 98.1 g/mol. The first-order valence-electron chi connectivity index (χ1n) is 2.27. The second-order valence-corrected chi connectivity index (χ2v) is 1.68. The van der Waals surface area contributed by atoms with Crippen LogP contribution in [-0.4, -0.2) is 10.2 Å². The second kappa shape index (κ2) is 1.37. The number of H-pyrrole nitrogens is 1. The molecule has 0 aromatic carbocycles. The third kappa shape index (κ3) is 0.633. The highest BCUT2D eigenvalue weighted by Crippen LogP contribution is 1.96. The van der Waals surface area contributed by atoms with Crippen molar-refractivity contribution >= 4 is 0 Å². The van der Waals surface area contributed by atoms with Gasteiger partial charge in [0.1, 0.15) is 0 Å². The van der Waals surface area contributed by atoms with Crippen molar-refractivity contribution in [2.45, 2.75) is 13.8 Å². The molecule has 0 aliphatic carbocycles. The van der Waals surface area contributed by atoms with Crippen molar-refractivity contribution in [2.24, 2.45) is 0 Å². The van der Waals surface area contributed by atoms with Crippen LogP contribution >= 0.6 is 0 Å². The topological polar surface area (TPSA) is 28.7 Å². The van der Waals surface area contributed by atoms with E-state index < -0.39 is 0 Å². The summed E-state index contributed by atoms with van der Waals surface area (Å²) in [6.07, 6.45) is 1.81. The van der Waals surface area contributed by atoms with Crippen LogP contribution in [0.25, 0.3) is 0 Å². The van der Waals surface area contributed by atoms with Gasteiger partial charge < -0.3 is 0 Å². The average Bonchev–Trinajstić information content (AvgIpc) is 1.91. The minimum atomic E-state index is 0. The predicted octanol–water partition coefficient (Wildman–Crippen LogP) is 1.27. The number of nitrogens with zero attached hydrogens (tertiary/aromatic N) is 1. The Labute approximate surface area is 44.0 Å². The molecule has 0 aliphatic heterocycles. The summed E-state index contributed by atoms with van der Waals surface area (Å²) in [5, 5.41) is 6.61. The second-order valence-electron chi connectivity index (χ2n) is 1.68. The fourth-order valence-corrected chi connectivity index (χ4v) is 0.411. The number of nitrogens with one attached hydrogen (secondary N) is 1. The molecule has 2 heteroatoms. The molecule has 0 spiro atoms. The van der Waals surface area contributed by atoms with Crippen LogP contribution in [0.15, 0.2) is 6.20 Å². The predicted molar refractivity (Wildman–Crippen MR) is 30.2 cm³/mol. The molecule has 0 saturated carbocycles. The molecule has 0 fully saturated rings. The van der Waals surface area contributed by atoms with E-state index in [1.807, 2.05) is 20.0 Å². The van der Waals surface area contributed by atoms with Gasteiger partial charge in [-0.25, -0.2) is 0 Å². The Balaban J connectivity index is 0.000000490. The molecule has 7 heavy (non-hydrogen) atoms. The Morgan fingerprint density at radius 3 is 2.57 bits per heavy atom. The third-order valence-corrected chi connectivity index (χ3v) is 1.08. The number of aromatic amines is 1. The molecule has 0 radical (unpaired) electrons. The van der Waals surface area contributed by atoms with Gasteiger partial charge >= 0.3 is 0 Å². The zero-order valence-corrected chi connectivity index (χ0v) is 4.52. The molecule has 1 aromatic rings. The van der Waals surface area contributed by atoms with Gasteiger partial charge in [-0.15, -0.1) is 0 Å². The molecule has 1 aromatic heterocycles. The van der Waals surface area contributed by atoms with Crippen LogP contribution in [0.5, 0.6) is 0 Å². The Hall–Kier alpha value is -0.790. The lowest BCUT2D eigenvalue weighted by molar-refractivity contribution is 1.04. The third-order valence-electron chi connectivity index (χ3n) is 1.08. The van der Waals surface area contributed by atoms with Crippen LogP contribution in [0.4, 0.5) is 0 Å². The standard InChI is InChI=1S/C5H8N2.H2/c1-4-3-6-7-5(4)2;/h3H,1-2H3,(H,6,7);1H. The van der Waals surface area contributed by atoms with Crippen LogP contribution in [0, 0.1) is 13.8 Å². The first kappa shape index (κ1) is 4.37. The zero-order valence-electron chi connectivity index (χ0n) is 4.52. The van der Waals surface area contributed by atoms with Gasteiger partial charge in [0, 0.05) is 7.12 Å². The number of aromatic nitrogens is 2. The van der Waals surface area contributed by atoms with Crippen LogP contribution < -0.4 is 0 Å². The highest BCUT2D eigenvalue weighted by Gasteiger charge is 1.87. The first-order valence-corrected chi connectivity index (χ1v) is 2.27. The van der Waals surface area contributed by atoms with Crippen LogP contribution in [-0.2, 0) is 0 Å². The lowest BCUT2D eigenvalue weighted by Gasteiger charge is -1.78. The van der Waals surface area contributed by atoms with E-state index in [2.05, 4.69) is 10.2 Å². The number of aryl methyl sites for hydroxylation is 2. The molecule has 1 rings (SSSR count). The molecule has 0 unspecified atom stereocenters. The SMILES string of the molecule is Cc1cn[nH]c1C.[HH]. The molecular weight excluding hydrogens is 88.1 g/mol. The van der Waals surface area contributed by atoms with Gasteiger partial charge in [0.05, 0.1) is 6.20 Å². The highest BCUT2D eigenvalue weighted by atomic mass is 15.1. The van der Waals surface area contributed by atoms with Crippen molar-refractivity contribution in [3.8, 4) is 0 Å². The van der Waals surface area contributed by atoms with E-state index in [4.69, 9.17) is 0 Å². The Morgan fingerprint density at radius 1 is 1.71 bits per heavy atom. The van der Waals surface area contributed by atoms with Crippen molar-refractivity contribution in [3.05, 3.63) is 17.5 Å². The number of hydrogen-bond acceptors (Lipinski definition) is 1. The van der Waals surface area contributed by atoms with Gasteiger partial charge in [-0.2, -0.15) is 5.10 Å². The first-order chi connectivity index (χ1) is 3.30. The van der Waals surface area contributed by atoms with E-state index >= 15 is 0 Å². The van der Waals surface area contributed by atoms with E-state index in [9.17, 15) is 0 Å². The fraction of sp³-hybridized carbons (Fsp3) is 0.400. The molecular formula is C5H10N2. The Bertz CT molecular complexity index is 143. The summed E-state index contributed by atoms with van der Waals surface area (Å²) in [7, 11) is 0. The van der Waals surface area contributed by atoms with Gasteiger partial charge in [-0.1, -0.05) is 0 Å². The lowest BCUT2D eigenvalue weighted by Crippen LogP contribution is -1.70. The quantitative estimate of drug-likeness (QED) is 0.520. The zero-order chi connectivity index (χ0) is 5.28. The van der Waals surface area contributed by atoms with E-state index in [0.29, 0.717) is 0 Å². The summed E-state index contributed by atoms with van der Waals surface area (Å²) in [6, 6.07) is 0. The molecule has 1 N–H and O–H groups in total. The summed E-state index contributed by atoms with van der Waals surface area (Å²) < 4.78 is 0. The van der Waals surface area contributed by atoms with Crippen LogP contribution in [0.2, 0.25) is 0 Å². The molecule has 2 nitrogen and oxygen atoms in total. The molecule has 0 aliphatic rings. The van der Waals surface area contributed by atoms with Gasteiger partial charge in [0.25, 0.3) is 0 Å². The van der Waals surface area contributed by atoms with Gasteiger partial charge in [0.15, 0.2) is 0 Å². The molecule has 40 valence electrons. The van der Waals surface area contributed by atoms with Gasteiger partial charge in [-0.3, -0.25) is 5.10 Å². The Kier molecular flexibility index (Phi) is 0.855.